The van der Waals surface area contributed by atoms with Gasteiger partial charge in [0.15, 0.2) is 0 Å². The molecule has 20 heavy (non-hydrogen) atoms. The van der Waals surface area contributed by atoms with Crippen molar-refractivity contribution >= 4 is 23.7 Å². The van der Waals surface area contributed by atoms with E-state index in [-0.39, 0.29) is 16.8 Å². The molecule has 0 spiro atoms. The number of carbonyl (C=O) groups is 3. The lowest BCUT2D eigenvalue weighted by Crippen LogP contribution is -2.28. The zero-order valence-electron chi connectivity index (χ0n) is 11.3. The fraction of sp³-hybridized carbons (Fsp3) is 0.308. The lowest BCUT2D eigenvalue weighted by atomic mass is 10.1. The van der Waals surface area contributed by atoms with Crippen LogP contribution in [-0.2, 0) is 4.74 Å². The van der Waals surface area contributed by atoms with E-state index >= 15 is 0 Å². The summed E-state index contributed by atoms with van der Waals surface area (Å²) in [5, 5.41) is 20.2. The number of carbonyl (C=O) groups excluding carboxylic acids is 1. The molecule has 1 aromatic rings. The number of ether oxygens (including phenoxy) is 1. The van der Waals surface area contributed by atoms with Crippen LogP contribution in [0.3, 0.4) is 0 Å². The quantitative estimate of drug-likeness (QED) is 0.784. The van der Waals surface area contributed by atoms with Crippen LogP contribution in [0.25, 0.3) is 0 Å². The van der Waals surface area contributed by atoms with E-state index in [1.807, 2.05) is 0 Å². The van der Waals surface area contributed by atoms with Gasteiger partial charge >= 0.3 is 18.0 Å². The zero-order valence-corrected chi connectivity index (χ0v) is 11.3. The summed E-state index contributed by atoms with van der Waals surface area (Å²) in [6.45, 7) is 4.90. The average Bonchev–Trinajstić information content (AvgIpc) is 2.25. The zero-order chi connectivity index (χ0) is 15.5. The van der Waals surface area contributed by atoms with Crippen molar-refractivity contribution in [2.75, 3.05) is 5.32 Å². The average molecular weight is 281 g/mol. The number of aromatic carboxylic acids is 2. The molecule has 3 N–H and O–H groups in total. The van der Waals surface area contributed by atoms with E-state index in [0.29, 0.717) is 0 Å². The molecule has 108 valence electrons. The first-order valence-corrected chi connectivity index (χ1v) is 5.71. The molecular weight excluding hydrogens is 266 g/mol. The van der Waals surface area contributed by atoms with Gasteiger partial charge < -0.3 is 14.9 Å². The van der Waals surface area contributed by atoms with Gasteiger partial charge in [-0.3, -0.25) is 5.32 Å². The minimum atomic E-state index is -1.35. The van der Waals surface area contributed by atoms with Crippen molar-refractivity contribution in [3.63, 3.8) is 0 Å². The number of hydrogen-bond acceptors (Lipinski definition) is 4. The van der Waals surface area contributed by atoms with Crippen LogP contribution in [0.5, 0.6) is 0 Å². The highest BCUT2D eigenvalue weighted by Crippen LogP contribution is 2.22. The van der Waals surface area contributed by atoms with Gasteiger partial charge in [-0.05, 0) is 32.9 Å². The second-order valence-electron chi connectivity index (χ2n) is 4.97. The van der Waals surface area contributed by atoms with E-state index in [1.54, 1.807) is 20.8 Å². The highest BCUT2D eigenvalue weighted by molar-refractivity contribution is 6.06. The molecule has 7 heteroatoms. The summed E-state index contributed by atoms with van der Waals surface area (Å²) in [7, 11) is 0. The van der Waals surface area contributed by atoms with Crippen molar-refractivity contribution in [3.05, 3.63) is 29.3 Å². The van der Waals surface area contributed by atoms with Gasteiger partial charge in [0.2, 0.25) is 0 Å². The van der Waals surface area contributed by atoms with Crippen LogP contribution in [0.1, 0.15) is 41.5 Å². The van der Waals surface area contributed by atoms with Gasteiger partial charge in [-0.1, -0.05) is 6.07 Å². The number of hydrogen-bond donors (Lipinski definition) is 3. The molecule has 0 radical (unpaired) electrons. The largest absolute Gasteiger partial charge is 0.478 e. The Bertz CT molecular complexity index is 526. The third kappa shape index (κ3) is 3.98. The number of carboxylic acids is 2. The normalized spacial score (nSPS) is 10.8. The summed E-state index contributed by atoms with van der Waals surface area (Å²) in [6, 6.07) is 3.68. The molecule has 0 saturated heterocycles. The number of rotatable bonds is 3. The third-order valence-corrected chi connectivity index (χ3v) is 2.15. The van der Waals surface area contributed by atoms with Crippen molar-refractivity contribution in [3.8, 4) is 0 Å². The van der Waals surface area contributed by atoms with Gasteiger partial charge in [0.1, 0.15) is 5.60 Å². The summed E-state index contributed by atoms with van der Waals surface area (Å²) in [5.74, 6) is -2.70. The summed E-state index contributed by atoms with van der Waals surface area (Å²) in [6.07, 6.45) is -0.922. The summed E-state index contributed by atoms with van der Waals surface area (Å²) >= 11 is 0. The molecule has 0 aliphatic rings. The fourth-order valence-electron chi connectivity index (χ4n) is 1.45. The maximum atomic E-state index is 11.7. The van der Waals surface area contributed by atoms with Crippen LogP contribution < -0.4 is 5.32 Å². The Morgan fingerprint density at radius 1 is 1.05 bits per heavy atom. The first-order chi connectivity index (χ1) is 9.11. The molecule has 0 heterocycles. The molecular formula is C13H15NO6. The number of amides is 1. The molecule has 0 fully saturated rings. The Balaban J connectivity index is 3.18. The van der Waals surface area contributed by atoms with E-state index in [9.17, 15) is 14.4 Å². The van der Waals surface area contributed by atoms with E-state index < -0.39 is 23.6 Å². The van der Waals surface area contributed by atoms with Gasteiger partial charge in [0.25, 0.3) is 0 Å². The molecule has 0 bridgehead atoms. The van der Waals surface area contributed by atoms with Crippen LogP contribution in [0.4, 0.5) is 10.5 Å². The number of nitrogens with one attached hydrogen (secondary N) is 1. The number of benzene rings is 1. The molecule has 0 aromatic heterocycles. The summed E-state index contributed by atoms with van der Waals surface area (Å²) in [5.41, 5.74) is -1.74. The maximum Gasteiger partial charge on any atom is 0.412 e. The summed E-state index contributed by atoms with van der Waals surface area (Å²) in [4.78, 5) is 33.8. The van der Waals surface area contributed by atoms with Gasteiger partial charge in [-0.15, -0.1) is 0 Å². The molecule has 0 saturated carbocycles. The van der Waals surface area contributed by atoms with Gasteiger partial charge in [0, 0.05) is 0 Å². The molecule has 1 rings (SSSR count). The Morgan fingerprint density at radius 3 is 1.85 bits per heavy atom. The molecule has 0 atom stereocenters. The van der Waals surface area contributed by atoms with Crippen LogP contribution in [0, 0.1) is 0 Å². The highest BCUT2D eigenvalue weighted by Gasteiger charge is 2.23. The van der Waals surface area contributed by atoms with Crippen molar-refractivity contribution in [1.82, 2.24) is 0 Å². The molecule has 0 aliphatic carbocycles. The predicted molar refractivity (Wildman–Crippen MR) is 70.2 cm³/mol. The fourth-order valence-corrected chi connectivity index (χ4v) is 1.45. The van der Waals surface area contributed by atoms with Crippen LogP contribution in [0.15, 0.2) is 18.2 Å². The topological polar surface area (TPSA) is 113 Å². The monoisotopic (exact) mass is 281 g/mol. The van der Waals surface area contributed by atoms with Crippen molar-refractivity contribution in [1.29, 1.82) is 0 Å². The lowest BCUT2D eigenvalue weighted by Gasteiger charge is -2.20. The van der Waals surface area contributed by atoms with Crippen molar-refractivity contribution in [2.45, 2.75) is 26.4 Å². The Morgan fingerprint density at radius 2 is 1.50 bits per heavy atom. The number of carboxylic acid groups (broad SMARTS) is 2. The first kappa shape index (κ1) is 15.5. The second kappa shape index (κ2) is 5.60. The van der Waals surface area contributed by atoms with Crippen molar-refractivity contribution in [2.24, 2.45) is 0 Å². The molecule has 0 aliphatic heterocycles. The third-order valence-electron chi connectivity index (χ3n) is 2.15. The first-order valence-electron chi connectivity index (χ1n) is 5.71. The van der Waals surface area contributed by atoms with Gasteiger partial charge in [-0.2, -0.15) is 0 Å². The van der Waals surface area contributed by atoms with E-state index in [4.69, 9.17) is 14.9 Å². The Hall–Kier alpha value is -2.57. The maximum absolute atomic E-state index is 11.7. The minimum Gasteiger partial charge on any atom is -0.478 e. The molecule has 1 amide bonds. The smallest absolute Gasteiger partial charge is 0.412 e. The predicted octanol–water partition coefficient (Wildman–Crippen LogP) is 2.43. The van der Waals surface area contributed by atoms with Crippen molar-refractivity contribution < 1.29 is 29.3 Å². The molecule has 1 aromatic carbocycles. The Kier molecular flexibility index (Phi) is 4.34. The number of para-hydroxylation sites is 1. The van der Waals surface area contributed by atoms with Gasteiger partial charge in [0.05, 0.1) is 16.8 Å². The van der Waals surface area contributed by atoms with Crippen LogP contribution in [0.2, 0.25) is 0 Å². The molecule has 7 nitrogen and oxygen atoms in total. The van der Waals surface area contributed by atoms with Crippen LogP contribution >= 0.6 is 0 Å². The molecule has 0 unspecified atom stereocenters. The minimum absolute atomic E-state index is 0.304. The number of anilines is 1. The summed E-state index contributed by atoms with van der Waals surface area (Å²) < 4.78 is 4.98. The Labute approximate surface area is 115 Å². The van der Waals surface area contributed by atoms with Crippen LogP contribution in [-0.4, -0.2) is 33.8 Å². The van der Waals surface area contributed by atoms with E-state index in [1.165, 1.54) is 18.2 Å². The SMILES string of the molecule is CC(C)(C)OC(=O)Nc1c(C(=O)O)cccc1C(=O)O. The van der Waals surface area contributed by atoms with Gasteiger partial charge in [-0.25, -0.2) is 14.4 Å². The van der Waals surface area contributed by atoms with E-state index in [2.05, 4.69) is 5.32 Å². The van der Waals surface area contributed by atoms with E-state index in [0.717, 1.165) is 0 Å². The standard InChI is InChI=1S/C13H15NO6/c1-13(2,3)20-12(19)14-9-7(10(15)16)5-4-6-8(9)11(17)18/h4-6H,1-3H3,(H,14,19)(H,15,16)(H,17,18). The highest BCUT2D eigenvalue weighted by atomic mass is 16.6. The lowest BCUT2D eigenvalue weighted by molar-refractivity contribution is 0.0636. The second-order valence-corrected chi connectivity index (χ2v) is 4.97.